The molecule has 5 aromatic heterocycles. The van der Waals surface area contributed by atoms with Crippen LogP contribution in [0.1, 0.15) is 0 Å². The summed E-state index contributed by atoms with van der Waals surface area (Å²) in [4.78, 5) is 18.5. The Kier molecular flexibility index (Phi) is 7.03. The number of rotatable bonds is 6. The zero-order chi connectivity index (χ0) is 34.4. The highest BCUT2D eigenvalue weighted by atomic mass is 16.3. The fourth-order valence-corrected chi connectivity index (χ4v) is 7.13. The van der Waals surface area contributed by atoms with Crippen LogP contribution in [0.4, 0.5) is 0 Å². The van der Waals surface area contributed by atoms with Gasteiger partial charge in [0.05, 0.1) is 27.8 Å². The molecule has 0 aliphatic rings. The molecule has 0 radical (unpaired) electrons. The molecule has 52 heavy (non-hydrogen) atoms. The maximum atomic E-state index is 6.62. The largest absolute Gasteiger partial charge is 0.455 e. The lowest BCUT2D eigenvalue weighted by molar-refractivity contribution is 0.635. The normalized spacial score (nSPS) is 11.5. The third kappa shape index (κ3) is 5.13. The molecule has 10 rings (SSSR count). The number of hydrogen-bond donors (Lipinski definition) is 0. The second kappa shape index (κ2) is 12.3. The Balaban J connectivity index is 1.12. The molecule has 244 valence electrons. The Labute approximate surface area is 299 Å². The molecule has 0 aliphatic heterocycles. The Morgan fingerprint density at radius 2 is 1.10 bits per heavy atom. The predicted molar refractivity (Wildman–Crippen MR) is 209 cm³/mol. The van der Waals surface area contributed by atoms with Crippen LogP contribution in [0.2, 0.25) is 0 Å². The minimum Gasteiger partial charge on any atom is -0.455 e. The second-order valence-corrected chi connectivity index (χ2v) is 12.8. The average molecular weight is 668 g/mol. The van der Waals surface area contributed by atoms with Gasteiger partial charge in [-0.15, -0.1) is 0 Å². The molecular formula is C46H29N5O. The van der Waals surface area contributed by atoms with E-state index in [0.717, 1.165) is 89.0 Å². The van der Waals surface area contributed by atoms with Crippen LogP contribution in [0, 0.1) is 0 Å². The molecule has 0 unspecified atom stereocenters. The quantitative estimate of drug-likeness (QED) is 0.176. The fourth-order valence-electron chi connectivity index (χ4n) is 7.13. The first-order valence-corrected chi connectivity index (χ1v) is 17.2. The van der Waals surface area contributed by atoms with Crippen molar-refractivity contribution in [2.45, 2.75) is 0 Å². The van der Waals surface area contributed by atoms with Gasteiger partial charge >= 0.3 is 0 Å². The molecule has 0 atom stereocenters. The number of benzene rings is 5. The summed E-state index contributed by atoms with van der Waals surface area (Å²) in [6.45, 7) is 0. The van der Waals surface area contributed by atoms with Gasteiger partial charge in [-0.05, 0) is 77.9 Å². The molecule has 0 N–H and O–H groups in total. The van der Waals surface area contributed by atoms with Crippen molar-refractivity contribution in [2.75, 3.05) is 0 Å². The van der Waals surface area contributed by atoms with Gasteiger partial charge in [0.25, 0.3) is 0 Å². The molecular weight excluding hydrogens is 639 g/mol. The van der Waals surface area contributed by atoms with Crippen LogP contribution in [0.3, 0.4) is 0 Å². The molecule has 0 fully saturated rings. The minimum atomic E-state index is 0.643. The number of hydrogen-bond acceptors (Lipinski definition) is 5. The van der Waals surface area contributed by atoms with Gasteiger partial charge in [0.15, 0.2) is 5.82 Å². The average Bonchev–Trinajstić information content (AvgIpc) is 3.82. The number of nitrogens with zero attached hydrogens (tertiary/aromatic N) is 5. The highest BCUT2D eigenvalue weighted by Gasteiger charge is 2.19. The highest BCUT2D eigenvalue weighted by molar-refractivity contribution is 6.20. The first kappa shape index (κ1) is 29.7. The van der Waals surface area contributed by atoms with E-state index in [-0.39, 0.29) is 0 Å². The Morgan fingerprint density at radius 1 is 0.442 bits per heavy atom. The van der Waals surface area contributed by atoms with E-state index in [4.69, 9.17) is 14.4 Å². The van der Waals surface area contributed by atoms with E-state index in [1.807, 2.05) is 54.9 Å². The first-order valence-electron chi connectivity index (χ1n) is 17.2. The molecule has 0 amide bonds. The van der Waals surface area contributed by atoms with Crippen LogP contribution in [-0.4, -0.2) is 24.5 Å². The van der Waals surface area contributed by atoms with Crippen molar-refractivity contribution < 1.29 is 4.42 Å². The summed E-state index contributed by atoms with van der Waals surface area (Å²) < 4.78 is 8.94. The molecule has 0 saturated carbocycles. The summed E-state index contributed by atoms with van der Waals surface area (Å²) in [6, 6.07) is 52.4. The Morgan fingerprint density at radius 3 is 1.88 bits per heavy atom. The molecule has 5 aromatic carbocycles. The zero-order valence-corrected chi connectivity index (χ0v) is 27.9. The molecule has 6 nitrogen and oxygen atoms in total. The van der Waals surface area contributed by atoms with Crippen LogP contribution in [-0.2, 0) is 0 Å². The monoisotopic (exact) mass is 667 g/mol. The van der Waals surface area contributed by atoms with Gasteiger partial charge in [0.2, 0.25) is 0 Å². The summed E-state index contributed by atoms with van der Waals surface area (Å²) in [5, 5.41) is 3.32. The predicted octanol–water partition coefficient (Wildman–Crippen LogP) is 11.4. The number of pyridine rings is 2. The molecule has 0 bridgehead atoms. The van der Waals surface area contributed by atoms with E-state index in [1.54, 1.807) is 12.4 Å². The van der Waals surface area contributed by atoms with Gasteiger partial charge in [-0.2, -0.15) is 0 Å². The third-order valence-electron chi connectivity index (χ3n) is 9.64. The summed E-state index contributed by atoms with van der Waals surface area (Å²) in [7, 11) is 0. The summed E-state index contributed by atoms with van der Waals surface area (Å²) in [5.74, 6) is 1.50. The van der Waals surface area contributed by atoms with E-state index in [2.05, 4.69) is 124 Å². The van der Waals surface area contributed by atoms with Gasteiger partial charge in [-0.25, -0.2) is 9.97 Å². The Hall–Kier alpha value is -7.18. The smallest absolute Gasteiger partial charge is 0.160 e. The van der Waals surface area contributed by atoms with Crippen LogP contribution >= 0.6 is 0 Å². The maximum Gasteiger partial charge on any atom is 0.160 e. The van der Waals surface area contributed by atoms with Crippen LogP contribution < -0.4 is 0 Å². The minimum absolute atomic E-state index is 0.643. The van der Waals surface area contributed by atoms with Crippen molar-refractivity contribution in [1.82, 2.24) is 24.5 Å². The molecule has 5 heterocycles. The van der Waals surface area contributed by atoms with Gasteiger partial charge in [0, 0.05) is 63.5 Å². The third-order valence-corrected chi connectivity index (χ3v) is 9.64. The van der Waals surface area contributed by atoms with Crippen molar-refractivity contribution in [1.29, 1.82) is 0 Å². The molecule has 6 heteroatoms. The topological polar surface area (TPSA) is 69.6 Å². The van der Waals surface area contributed by atoms with Crippen molar-refractivity contribution in [3.05, 3.63) is 176 Å². The summed E-state index contributed by atoms with van der Waals surface area (Å²) >= 11 is 0. The number of fused-ring (bicyclic) bond motifs is 5. The Bertz CT molecular complexity index is 2880. The lowest BCUT2D eigenvalue weighted by Gasteiger charge is -2.12. The van der Waals surface area contributed by atoms with E-state index in [0.29, 0.717) is 5.82 Å². The lowest BCUT2D eigenvalue weighted by atomic mass is 10.0. The fraction of sp³-hybridized carbons (Fsp3) is 0. The standard InChI is InChI=1S/C46H29N5O/c1-2-7-33(8-3-1)43-28-36-17-18-42-44(45(36)52-43)38-11-4-5-12-41(38)51(42)37-10-6-9-35(27-37)40-29-39(49-46(50-40)34-21-25-48-26-22-34)32-15-13-30(14-16-32)31-19-23-47-24-20-31/h1-29H. The van der Waals surface area contributed by atoms with Crippen molar-refractivity contribution in [2.24, 2.45) is 0 Å². The van der Waals surface area contributed by atoms with Gasteiger partial charge in [-0.3, -0.25) is 9.97 Å². The summed E-state index contributed by atoms with van der Waals surface area (Å²) in [5.41, 5.74) is 12.0. The van der Waals surface area contributed by atoms with Gasteiger partial charge < -0.3 is 8.98 Å². The van der Waals surface area contributed by atoms with Gasteiger partial charge in [-0.1, -0.05) is 84.9 Å². The van der Waals surface area contributed by atoms with Gasteiger partial charge in [0.1, 0.15) is 11.3 Å². The van der Waals surface area contributed by atoms with Crippen LogP contribution in [0.5, 0.6) is 0 Å². The lowest BCUT2D eigenvalue weighted by Crippen LogP contribution is -1.98. The molecule has 0 spiro atoms. The number of aromatic nitrogens is 5. The highest BCUT2D eigenvalue weighted by Crippen LogP contribution is 2.40. The van der Waals surface area contributed by atoms with Crippen LogP contribution in [0.15, 0.2) is 181 Å². The number of para-hydroxylation sites is 1. The molecule has 0 saturated heterocycles. The van der Waals surface area contributed by atoms with E-state index >= 15 is 0 Å². The summed E-state index contributed by atoms with van der Waals surface area (Å²) in [6.07, 6.45) is 7.17. The maximum absolute atomic E-state index is 6.62. The molecule has 0 aliphatic carbocycles. The first-order chi connectivity index (χ1) is 25.8. The molecule has 10 aromatic rings. The second-order valence-electron chi connectivity index (χ2n) is 12.8. The number of furan rings is 1. The van der Waals surface area contributed by atoms with Crippen molar-refractivity contribution >= 4 is 32.8 Å². The van der Waals surface area contributed by atoms with Crippen molar-refractivity contribution in [3.8, 4) is 62.0 Å². The van der Waals surface area contributed by atoms with E-state index < -0.39 is 0 Å². The van der Waals surface area contributed by atoms with E-state index in [9.17, 15) is 0 Å². The SMILES string of the molecule is c1ccc(-c2cc3ccc4c(c5ccccc5n4-c4cccc(-c5cc(-c6ccc(-c7ccncc7)cc6)nc(-c6ccncc6)n5)c4)c3o2)cc1. The van der Waals surface area contributed by atoms with Crippen molar-refractivity contribution in [3.63, 3.8) is 0 Å². The van der Waals surface area contributed by atoms with E-state index in [1.165, 1.54) is 0 Å². The van der Waals surface area contributed by atoms with Crippen LogP contribution in [0.25, 0.3) is 94.8 Å². The zero-order valence-electron chi connectivity index (χ0n) is 27.9.